The second-order valence-electron chi connectivity index (χ2n) is 6.37. The van der Waals surface area contributed by atoms with Crippen LogP contribution in [-0.4, -0.2) is 35.0 Å². The predicted octanol–water partition coefficient (Wildman–Crippen LogP) is 3.68. The van der Waals surface area contributed by atoms with Crippen molar-refractivity contribution in [2.75, 3.05) is 13.2 Å². The highest BCUT2D eigenvalue weighted by molar-refractivity contribution is 6.31. The summed E-state index contributed by atoms with van der Waals surface area (Å²) in [5, 5.41) is 13.2. The minimum Gasteiger partial charge on any atom is -0.484 e. The predicted molar refractivity (Wildman–Crippen MR) is 106 cm³/mol. The molecule has 3 rings (SSSR count). The van der Waals surface area contributed by atoms with Crippen molar-refractivity contribution in [2.24, 2.45) is 0 Å². The van der Waals surface area contributed by atoms with Crippen molar-refractivity contribution in [1.82, 2.24) is 10.2 Å². The molecule has 2 aromatic carbocycles. The molecule has 0 saturated heterocycles. The van der Waals surface area contributed by atoms with Crippen molar-refractivity contribution in [1.29, 1.82) is 0 Å². The number of nitrogens with one attached hydrogen (secondary N) is 1. The number of hydrogen-bond acceptors (Lipinski definition) is 4. The number of ether oxygens (including phenoxy) is 1. The molecule has 0 aliphatic carbocycles. The molecule has 0 unspecified atom stereocenters. The largest absolute Gasteiger partial charge is 0.484 e. The lowest BCUT2D eigenvalue weighted by atomic mass is 10.1. The third-order valence-electron chi connectivity index (χ3n) is 4.31. The molecule has 2 amide bonds. The average Bonchev–Trinajstić information content (AvgIpc) is 2.91. The molecule has 0 fully saturated rings. The lowest BCUT2D eigenvalue weighted by Crippen LogP contribution is -2.32. The molecule has 2 N–H and O–H groups in total. The van der Waals surface area contributed by atoms with E-state index in [1.165, 1.54) is 23.1 Å². The summed E-state index contributed by atoms with van der Waals surface area (Å²) in [6.07, 6.45) is -0.854. The Balaban J connectivity index is 1.48. The number of carbonyl (C=O) groups is 2. The lowest BCUT2D eigenvalue weighted by Gasteiger charge is -2.21. The number of aliphatic hydroxyl groups excluding tert-OH is 1. The number of fused-ring (bicyclic) bond motifs is 1. The van der Waals surface area contributed by atoms with Gasteiger partial charge in [0.1, 0.15) is 11.6 Å². The summed E-state index contributed by atoms with van der Waals surface area (Å²) in [6.45, 7) is 3.54. The summed E-state index contributed by atoms with van der Waals surface area (Å²) in [4.78, 5) is 25.7. The van der Waals surface area contributed by atoms with Crippen molar-refractivity contribution in [3.63, 3.8) is 0 Å². The van der Waals surface area contributed by atoms with E-state index in [-0.39, 0.29) is 36.3 Å². The van der Waals surface area contributed by atoms with Crippen LogP contribution < -0.4 is 10.1 Å². The van der Waals surface area contributed by atoms with Crippen LogP contribution in [-0.2, 0) is 4.79 Å². The van der Waals surface area contributed by atoms with Gasteiger partial charge in [-0.15, -0.1) is 0 Å². The topological polar surface area (TPSA) is 78.9 Å². The molecule has 6 nitrogen and oxygen atoms in total. The van der Waals surface area contributed by atoms with Crippen LogP contribution in [0.4, 0.5) is 4.39 Å². The quantitative estimate of drug-likeness (QED) is 0.690. The molecular formula is C20H17Cl2FN2O4. The Morgan fingerprint density at radius 3 is 2.76 bits per heavy atom. The number of rotatable bonds is 7. The molecule has 9 heteroatoms. The number of carbonyl (C=O) groups excluding carboxylic acids is 2. The van der Waals surface area contributed by atoms with Gasteiger partial charge in [-0.3, -0.25) is 9.59 Å². The average molecular weight is 439 g/mol. The van der Waals surface area contributed by atoms with Crippen LogP contribution >= 0.6 is 23.2 Å². The molecule has 1 heterocycles. The molecule has 2 aromatic rings. The number of nitrogens with zero attached hydrogens (tertiary/aromatic N) is 1. The zero-order valence-electron chi connectivity index (χ0n) is 15.1. The second-order valence-corrected chi connectivity index (χ2v) is 7.21. The zero-order chi connectivity index (χ0) is 21.1. The van der Waals surface area contributed by atoms with Gasteiger partial charge in [0, 0.05) is 40.9 Å². The molecule has 0 spiro atoms. The fourth-order valence-electron chi connectivity index (χ4n) is 2.86. The van der Waals surface area contributed by atoms with Crippen LogP contribution in [0.1, 0.15) is 28.6 Å². The maximum Gasteiger partial charge on any atom is 0.262 e. The van der Waals surface area contributed by atoms with Gasteiger partial charge in [-0.2, -0.15) is 0 Å². The first-order valence-corrected chi connectivity index (χ1v) is 9.36. The first-order valence-electron chi connectivity index (χ1n) is 8.60. The maximum atomic E-state index is 13.4. The first-order chi connectivity index (χ1) is 13.8. The van der Waals surface area contributed by atoms with Gasteiger partial charge in [0.2, 0.25) is 0 Å². The summed E-state index contributed by atoms with van der Waals surface area (Å²) in [6, 6.07) is 8.56. The Hall–Kier alpha value is -2.61. The first kappa shape index (κ1) is 21.1. The minimum absolute atomic E-state index is 0.0433. The van der Waals surface area contributed by atoms with E-state index in [0.717, 1.165) is 6.07 Å². The zero-order valence-corrected chi connectivity index (χ0v) is 16.6. The standard InChI is InChI=1S/C20H17Cl2FN2O4/c1-11(24-18(26)10-29-13-3-5-16(22)17(23)9-13)6-7-25-19(27)14-4-2-12(21)8-15(14)20(25)28/h2-5,8-9,19,27H,1,6-7,10H2,(H,24,26)/t19-/m0/s1. The number of aliphatic hydroxyl groups is 1. The summed E-state index contributed by atoms with van der Waals surface area (Å²) < 4.78 is 18.6. The monoisotopic (exact) mass is 438 g/mol. The van der Waals surface area contributed by atoms with Crippen LogP contribution in [0.25, 0.3) is 0 Å². The molecule has 0 aromatic heterocycles. The third kappa shape index (κ3) is 4.87. The molecule has 0 bridgehead atoms. The molecule has 1 atom stereocenters. The van der Waals surface area contributed by atoms with E-state index in [9.17, 15) is 19.1 Å². The number of benzene rings is 2. The van der Waals surface area contributed by atoms with Gasteiger partial charge >= 0.3 is 0 Å². The van der Waals surface area contributed by atoms with E-state index in [2.05, 4.69) is 11.9 Å². The van der Waals surface area contributed by atoms with Gasteiger partial charge in [0.25, 0.3) is 11.8 Å². The van der Waals surface area contributed by atoms with Crippen LogP contribution in [0.5, 0.6) is 5.75 Å². The van der Waals surface area contributed by atoms with Crippen LogP contribution in [0.15, 0.2) is 48.7 Å². The second kappa shape index (κ2) is 8.82. The van der Waals surface area contributed by atoms with E-state index in [1.807, 2.05) is 0 Å². The van der Waals surface area contributed by atoms with Crippen molar-refractivity contribution >= 4 is 35.0 Å². The molecule has 1 aliphatic rings. The lowest BCUT2D eigenvalue weighted by molar-refractivity contribution is -0.122. The van der Waals surface area contributed by atoms with Crippen LogP contribution in [0.3, 0.4) is 0 Å². The molecule has 0 saturated carbocycles. The van der Waals surface area contributed by atoms with Gasteiger partial charge < -0.3 is 20.1 Å². The molecular weight excluding hydrogens is 422 g/mol. The maximum absolute atomic E-state index is 13.4. The van der Waals surface area contributed by atoms with Gasteiger partial charge in [-0.25, -0.2) is 4.39 Å². The Labute approximate surface area is 176 Å². The summed E-state index contributed by atoms with van der Waals surface area (Å²) in [5.41, 5.74) is 1.18. The Kier molecular flexibility index (Phi) is 6.42. The van der Waals surface area contributed by atoms with E-state index < -0.39 is 18.0 Å². The number of hydrogen-bond donors (Lipinski definition) is 2. The van der Waals surface area contributed by atoms with Gasteiger partial charge in [-0.1, -0.05) is 35.8 Å². The van der Waals surface area contributed by atoms with Gasteiger partial charge in [-0.05, 0) is 24.3 Å². The van der Waals surface area contributed by atoms with Crippen molar-refractivity contribution in [2.45, 2.75) is 12.6 Å². The smallest absolute Gasteiger partial charge is 0.262 e. The van der Waals surface area contributed by atoms with E-state index in [1.54, 1.807) is 12.1 Å². The highest BCUT2D eigenvalue weighted by atomic mass is 35.5. The Morgan fingerprint density at radius 2 is 2.03 bits per heavy atom. The summed E-state index contributed by atoms with van der Waals surface area (Å²) >= 11 is 11.5. The molecule has 29 heavy (non-hydrogen) atoms. The van der Waals surface area contributed by atoms with E-state index >= 15 is 0 Å². The SMILES string of the molecule is C=C(CCN1C(=O)c2cc(Cl)ccc2[C@@H]1O)NC(=O)COc1ccc(Cl)c(F)c1. The highest BCUT2D eigenvalue weighted by Gasteiger charge is 2.35. The van der Waals surface area contributed by atoms with Gasteiger partial charge in [0.05, 0.1) is 5.02 Å². The molecule has 152 valence electrons. The van der Waals surface area contributed by atoms with Crippen LogP contribution in [0, 0.1) is 5.82 Å². The third-order valence-corrected chi connectivity index (χ3v) is 4.85. The van der Waals surface area contributed by atoms with Crippen LogP contribution in [0.2, 0.25) is 10.0 Å². The normalized spacial score (nSPS) is 15.2. The fraction of sp³-hybridized carbons (Fsp3) is 0.200. The number of amides is 2. The van der Waals surface area contributed by atoms with E-state index in [0.29, 0.717) is 21.8 Å². The molecule has 1 aliphatic heterocycles. The van der Waals surface area contributed by atoms with Crippen molar-refractivity contribution in [3.8, 4) is 5.75 Å². The Morgan fingerprint density at radius 1 is 1.28 bits per heavy atom. The summed E-state index contributed by atoms with van der Waals surface area (Å²) in [7, 11) is 0. The number of halogens is 3. The highest BCUT2D eigenvalue weighted by Crippen LogP contribution is 2.33. The molecule has 0 radical (unpaired) electrons. The van der Waals surface area contributed by atoms with Crippen molar-refractivity contribution < 1.29 is 23.8 Å². The summed E-state index contributed by atoms with van der Waals surface area (Å²) in [5.74, 6) is -1.32. The van der Waals surface area contributed by atoms with Gasteiger partial charge in [0.15, 0.2) is 12.8 Å². The Bertz CT molecular complexity index is 983. The minimum atomic E-state index is -1.08. The van der Waals surface area contributed by atoms with Crippen molar-refractivity contribution in [3.05, 3.63) is 75.7 Å². The fourth-order valence-corrected chi connectivity index (χ4v) is 3.15. The van der Waals surface area contributed by atoms with E-state index in [4.69, 9.17) is 27.9 Å².